The Kier molecular flexibility index (Phi) is 4.12. The van der Waals surface area contributed by atoms with E-state index < -0.39 is 23.2 Å². The molecule has 29 heavy (non-hydrogen) atoms. The van der Waals surface area contributed by atoms with Crippen molar-refractivity contribution >= 4 is 10.9 Å². The van der Waals surface area contributed by atoms with Crippen LogP contribution in [0, 0.1) is 11.3 Å². The van der Waals surface area contributed by atoms with E-state index >= 15 is 0 Å². The predicted molar refractivity (Wildman–Crippen MR) is 99.9 cm³/mol. The fourth-order valence-corrected chi connectivity index (χ4v) is 3.74. The zero-order valence-electron chi connectivity index (χ0n) is 15.1. The molecule has 1 aliphatic heterocycles. The molecule has 0 unspecified atom stereocenters. The van der Waals surface area contributed by atoms with E-state index in [1.807, 2.05) is 6.07 Å². The molecule has 4 rings (SSSR count). The predicted octanol–water partition coefficient (Wildman–Crippen LogP) is 3.78. The van der Waals surface area contributed by atoms with Gasteiger partial charge in [0.05, 0.1) is 22.6 Å². The van der Waals surface area contributed by atoms with Crippen LogP contribution in [0.15, 0.2) is 64.8 Å². The minimum Gasteiger partial charge on any atom is -0.439 e. The topological polar surface area (TPSA) is 81.0 Å². The van der Waals surface area contributed by atoms with Gasteiger partial charge in [-0.05, 0) is 23.8 Å². The summed E-state index contributed by atoms with van der Waals surface area (Å²) in [6.45, 7) is 0. The number of pyridine rings is 1. The molecule has 0 bridgehead atoms. The number of para-hydroxylation sites is 1. The number of alkyl halides is 3. The van der Waals surface area contributed by atoms with Crippen LogP contribution >= 0.6 is 0 Å². The Labute approximate surface area is 163 Å². The highest BCUT2D eigenvalue weighted by Gasteiger charge is 2.41. The number of fused-ring (bicyclic) bond motifs is 3. The molecule has 0 fully saturated rings. The van der Waals surface area contributed by atoms with Crippen LogP contribution in [0.3, 0.4) is 0 Å². The average Bonchev–Trinajstić information content (AvgIpc) is 2.70. The normalized spacial score (nSPS) is 16.3. The zero-order chi connectivity index (χ0) is 20.9. The summed E-state index contributed by atoms with van der Waals surface area (Å²) in [5, 5.41) is 10.1. The first-order valence-corrected chi connectivity index (χ1v) is 8.61. The van der Waals surface area contributed by atoms with Crippen LogP contribution in [0.4, 0.5) is 13.2 Å². The number of nitriles is 1. The lowest BCUT2D eigenvalue weighted by Crippen LogP contribution is -2.31. The lowest BCUT2D eigenvalue weighted by atomic mass is 9.81. The van der Waals surface area contributed by atoms with Gasteiger partial charge in [0.1, 0.15) is 17.4 Å². The molecule has 0 aliphatic carbocycles. The summed E-state index contributed by atoms with van der Waals surface area (Å²) in [6, 6.07) is 13.5. The van der Waals surface area contributed by atoms with Gasteiger partial charge in [-0.2, -0.15) is 18.4 Å². The van der Waals surface area contributed by atoms with Crippen LogP contribution in [0.2, 0.25) is 0 Å². The Morgan fingerprint density at radius 1 is 1.14 bits per heavy atom. The van der Waals surface area contributed by atoms with Crippen molar-refractivity contribution in [2.24, 2.45) is 12.8 Å². The van der Waals surface area contributed by atoms with Crippen molar-refractivity contribution in [2.45, 2.75) is 12.1 Å². The number of aromatic nitrogens is 1. The van der Waals surface area contributed by atoms with Crippen LogP contribution in [0.5, 0.6) is 5.75 Å². The van der Waals surface area contributed by atoms with Crippen molar-refractivity contribution in [3.05, 3.63) is 87.0 Å². The molecule has 1 atom stereocenters. The highest BCUT2D eigenvalue weighted by atomic mass is 19.4. The van der Waals surface area contributed by atoms with Crippen LogP contribution < -0.4 is 16.0 Å². The number of nitrogens with two attached hydrogens (primary N) is 1. The third kappa shape index (κ3) is 2.74. The molecule has 0 saturated carbocycles. The van der Waals surface area contributed by atoms with Gasteiger partial charge in [-0.25, -0.2) is 0 Å². The highest BCUT2D eigenvalue weighted by Crippen LogP contribution is 2.46. The molecule has 0 spiro atoms. The molecule has 3 aromatic rings. The maximum absolute atomic E-state index is 13.7. The Bertz CT molecular complexity index is 1280. The molecule has 0 amide bonds. The fraction of sp³-hybridized carbons (Fsp3) is 0.143. The standard InChI is InChI=1S/C21H14F3N3O2/c1-27-15-9-5-3-7-12(15)18-17(20(27)28)16(13(10-25)19(26)29-18)11-6-2-4-8-14(11)21(22,23)24/h2-9,16H,26H2,1H3/t16-/m1/s1. The van der Waals surface area contributed by atoms with Crippen LogP contribution in [0.1, 0.15) is 22.6 Å². The number of halogens is 3. The molecular weight excluding hydrogens is 383 g/mol. The van der Waals surface area contributed by atoms with Crippen molar-refractivity contribution in [1.29, 1.82) is 5.26 Å². The SMILES string of the molecule is Cn1c(=O)c2c(c3ccccc31)OC(N)=C(C#N)[C@H]2c1ccccc1C(F)(F)F. The Balaban J connectivity index is 2.16. The first-order valence-electron chi connectivity index (χ1n) is 8.61. The molecule has 0 radical (unpaired) electrons. The van der Waals surface area contributed by atoms with E-state index in [1.165, 1.54) is 29.8 Å². The number of ether oxygens (including phenoxy) is 1. The van der Waals surface area contributed by atoms with E-state index in [4.69, 9.17) is 10.5 Å². The molecule has 5 nitrogen and oxygen atoms in total. The van der Waals surface area contributed by atoms with Gasteiger partial charge in [-0.1, -0.05) is 30.3 Å². The summed E-state index contributed by atoms with van der Waals surface area (Å²) >= 11 is 0. The van der Waals surface area contributed by atoms with E-state index in [1.54, 1.807) is 24.3 Å². The minimum atomic E-state index is -4.67. The maximum Gasteiger partial charge on any atom is 0.416 e. The quantitative estimate of drug-likeness (QED) is 0.678. The number of hydrogen-bond donors (Lipinski definition) is 1. The summed E-state index contributed by atoms with van der Waals surface area (Å²) < 4.78 is 48.0. The van der Waals surface area contributed by atoms with Gasteiger partial charge < -0.3 is 15.0 Å². The molecule has 2 aromatic carbocycles. The van der Waals surface area contributed by atoms with Gasteiger partial charge in [0, 0.05) is 12.4 Å². The summed E-state index contributed by atoms with van der Waals surface area (Å²) in [5.74, 6) is -1.55. The van der Waals surface area contributed by atoms with Gasteiger partial charge >= 0.3 is 6.18 Å². The van der Waals surface area contributed by atoms with Crippen LogP contribution in [0.25, 0.3) is 10.9 Å². The highest BCUT2D eigenvalue weighted by molar-refractivity contribution is 5.88. The van der Waals surface area contributed by atoms with Gasteiger partial charge in [0.15, 0.2) is 0 Å². The molecule has 0 saturated heterocycles. The molecule has 2 N–H and O–H groups in total. The van der Waals surface area contributed by atoms with E-state index in [-0.39, 0.29) is 28.3 Å². The van der Waals surface area contributed by atoms with Gasteiger partial charge in [0.2, 0.25) is 5.88 Å². The second-order valence-electron chi connectivity index (χ2n) is 6.63. The minimum absolute atomic E-state index is 0.0475. The van der Waals surface area contributed by atoms with Crippen molar-refractivity contribution in [3.8, 4) is 11.8 Å². The zero-order valence-corrected chi connectivity index (χ0v) is 15.1. The number of benzene rings is 2. The fourth-order valence-electron chi connectivity index (χ4n) is 3.74. The van der Waals surface area contributed by atoms with E-state index in [0.29, 0.717) is 10.9 Å². The number of aryl methyl sites for hydroxylation is 1. The Morgan fingerprint density at radius 2 is 1.79 bits per heavy atom. The third-order valence-electron chi connectivity index (χ3n) is 5.04. The number of rotatable bonds is 1. The monoisotopic (exact) mass is 397 g/mol. The van der Waals surface area contributed by atoms with Gasteiger partial charge in [-0.3, -0.25) is 4.79 Å². The van der Waals surface area contributed by atoms with E-state index in [9.17, 15) is 23.2 Å². The smallest absolute Gasteiger partial charge is 0.416 e. The lowest BCUT2D eigenvalue weighted by Gasteiger charge is -2.29. The number of nitrogens with zero attached hydrogens (tertiary/aromatic N) is 2. The van der Waals surface area contributed by atoms with E-state index in [2.05, 4.69) is 0 Å². The number of allylic oxidation sites excluding steroid dienone is 1. The maximum atomic E-state index is 13.7. The van der Waals surface area contributed by atoms with Crippen molar-refractivity contribution in [3.63, 3.8) is 0 Å². The molecule has 1 aromatic heterocycles. The molecule has 2 heterocycles. The van der Waals surface area contributed by atoms with Crippen molar-refractivity contribution in [2.75, 3.05) is 0 Å². The summed E-state index contributed by atoms with van der Waals surface area (Å²) in [7, 11) is 1.52. The first-order chi connectivity index (χ1) is 13.8. The van der Waals surface area contributed by atoms with Crippen LogP contribution in [-0.4, -0.2) is 4.57 Å². The largest absolute Gasteiger partial charge is 0.439 e. The summed E-state index contributed by atoms with van der Waals surface area (Å²) in [6.07, 6.45) is -4.67. The molecule has 1 aliphatic rings. The van der Waals surface area contributed by atoms with Crippen molar-refractivity contribution < 1.29 is 17.9 Å². The molecule has 146 valence electrons. The van der Waals surface area contributed by atoms with Gasteiger partial charge in [-0.15, -0.1) is 0 Å². The second-order valence-corrected chi connectivity index (χ2v) is 6.63. The first kappa shape index (κ1) is 18.6. The van der Waals surface area contributed by atoms with Crippen LogP contribution in [-0.2, 0) is 13.2 Å². The van der Waals surface area contributed by atoms with Gasteiger partial charge in [0.25, 0.3) is 5.56 Å². The molecule has 8 heteroatoms. The Hall–Kier alpha value is -3.73. The summed E-state index contributed by atoms with van der Waals surface area (Å²) in [5.41, 5.74) is 4.45. The number of hydrogen-bond acceptors (Lipinski definition) is 4. The summed E-state index contributed by atoms with van der Waals surface area (Å²) in [4.78, 5) is 13.2. The molecular formula is C21H14F3N3O2. The lowest BCUT2D eigenvalue weighted by molar-refractivity contribution is -0.138. The Morgan fingerprint density at radius 3 is 2.48 bits per heavy atom. The van der Waals surface area contributed by atoms with E-state index in [0.717, 1.165) is 6.07 Å². The van der Waals surface area contributed by atoms with Crippen molar-refractivity contribution in [1.82, 2.24) is 4.57 Å². The second kappa shape index (κ2) is 6.41. The third-order valence-corrected chi connectivity index (χ3v) is 5.04. The average molecular weight is 397 g/mol.